The van der Waals surface area contributed by atoms with Crippen LogP contribution in [-0.2, 0) is 25.7 Å². The monoisotopic (exact) mass is 698 g/mol. The molecule has 6 bridgehead atoms. The summed E-state index contributed by atoms with van der Waals surface area (Å²) in [5, 5.41) is 7.42. The molecular weight excluding hydrogens is 652 g/mol. The summed E-state index contributed by atoms with van der Waals surface area (Å²) < 4.78 is 37.1. The smallest absolute Gasteiger partial charge is 0.335 e. The van der Waals surface area contributed by atoms with Gasteiger partial charge >= 0.3 is 6.03 Å². The third kappa shape index (κ3) is 7.34. The van der Waals surface area contributed by atoms with Crippen molar-refractivity contribution in [2.45, 2.75) is 37.8 Å². The number of carbonyl (C=O) groups is 1. The third-order valence-electron chi connectivity index (χ3n) is 9.96. The Morgan fingerprint density at radius 2 is 1.33 bits per heavy atom. The zero-order chi connectivity index (χ0) is 36.2. The number of hydroxylamine groups is 1. The number of carbonyl (C=O) groups excluding carboxylic acids is 1. The fourth-order valence-corrected chi connectivity index (χ4v) is 7.28. The number of hydrogen-bond donors (Lipinski definition) is 3. The number of ether oxygens (including phenoxy) is 6. The van der Waals surface area contributed by atoms with Crippen LogP contribution in [0.1, 0.15) is 45.5 Å². The maximum absolute atomic E-state index is 9.23. The van der Waals surface area contributed by atoms with Crippen molar-refractivity contribution in [1.29, 1.82) is 0 Å². The summed E-state index contributed by atoms with van der Waals surface area (Å²) in [5.41, 5.74) is 12.6. The van der Waals surface area contributed by atoms with Crippen LogP contribution in [0, 0.1) is 0 Å². The zero-order valence-corrected chi connectivity index (χ0v) is 29.9. The Bertz CT molecular complexity index is 1880. The van der Waals surface area contributed by atoms with E-state index in [-0.39, 0.29) is 12.1 Å². The van der Waals surface area contributed by atoms with Crippen LogP contribution in [0.4, 0.5) is 4.79 Å². The lowest BCUT2D eigenvalue weighted by Gasteiger charge is -2.37. The number of hydrogen-bond acceptors (Lipinski definition) is 10. The van der Waals surface area contributed by atoms with E-state index in [9.17, 15) is 4.79 Å². The molecule has 4 aromatic rings. The van der Waals surface area contributed by atoms with Gasteiger partial charge in [-0.05, 0) is 110 Å². The molecule has 0 saturated heterocycles. The lowest BCUT2D eigenvalue weighted by atomic mass is 9.87. The number of methoxy groups -OCH3 is 4. The highest BCUT2D eigenvalue weighted by molar-refractivity contribution is 5.70. The minimum Gasteiger partial charge on any atom is -0.493 e. The highest BCUT2D eigenvalue weighted by Crippen LogP contribution is 2.52. The molecule has 12 nitrogen and oxygen atoms in total. The van der Waals surface area contributed by atoms with Crippen LogP contribution < -0.4 is 39.6 Å². The van der Waals surface area contributed by atoms with Gasteiger partial charge in [0.05, 0.1) is 28.4 Å². The molecule has 4 aliphatic rings. The number of rotatable bonds is 4. The Labute approximate surface area is 298 Å². The second-order valence-corrected chi connectivity index (χ2v) is 12.9. The van der Waals surface area contributed by atoms with Crippen LogP contribution >= 0.6 is 0 Å². The van der Waals surface area contributed by atoms with E-state index in [2.05, 4.69) is 72.1 Å². The van der Waals surface area contributed by atoms with Crippen molar-refractivity contribution in [1.82, 2.24) is 15.3 Å². The first-order valence-corrected chi connectivity index (χ1v) is 16.9. The first kappa shape index (κ1) is 35.6. The Balaban J connectivity index is 0.000000839. The molecule has 4 heterocycles. The fraction of sp³-hybridized carbons (Fsp3) is 0.359. The highest BCUT2D eigenvalue weighted by Gasteiger charge is 2.34. The van der Waals surface area contributed by atoms with Crippen molar-refractivity contribution < 1.29 is 38.4 Å². The van der Waals surface area contributed by atoms with E-state index in [0.29, 0.717) is 40.2 Å². The normalized spacial score (nSPS) is 17.9. The van der Waals surface area contributed by atoms with Gasteiger partial charge in [-0.15, -0.1) is 0 Å². The van der Waals surface area contributed by atoms with Crippen LogP contribution in [0.15, 0.2) is 60.7 Å². The molecule has 8 rings (SSSR count). The van der Waals surface area contributed by atoms with Gasteiger partial charge in [0, 0.05) is 30.7 Å². The van der Waals surface area contributed by atoms with E-state index in [1.54, 1.807) is 28.4 Å². The van der Waals surface area contributed by atoms with Crippen molar-refractivity contribution in [3.63, 3.8) is 0 Å². The number of urea groups is 1. The van der Waals surface area contributed by atoms with E-state index in [4.69, 9.17) is 33.6 Å². The van der Waals surface area contributed by atoms with Crippen LogP contribution in [0.2, 0.25) is 0 Å². The number of amides is 2. The number of primary amides is 1. The molecule has 4 aromatic carbocycles. The standard InChI is InChI=1S/C38H42N2O6.CH4N2O2/c1-39-15-13-25-20-32(42-4)34-22-28(25)29(39)17-23-7-10-27(11-8-23)45-33-19-24(9-12-31(33)41-3)18-30-36-26(14-16-40(30)2)21-35(43-5)37(44-6)38(36)46-34;2-1(4)3-5/h7-12,19-22,29-30H,13-18H2,1-6H3;5H,(H3,2,3,4). The summed E-state index contributed by atoms with van der Waals surface area (Å²) in [6, 6.07) is 20.3. The summed E-state index contributed by atoms with van der Waals surface area (Å²) in [4.78, 5) is 14.0. The number of nitrogens with two attached hydrogens (primary N) is 1. The van der Waals surface area contributed by atoms with Gasteiger partial charge < -0.3 is 34.2 Å². The van der Waals surface area contributed by atoms with E-state index in [1.807, 2.05) is 18.2 Å². The lowest BCUT2D eigenvalue weighted by Crippen LogP contribution is -2.34. The molecule has 51 heavy (non-hydrogen) atoms. The predicted octanol–water partition coefficient (Wildman–Crippen LogP) is 6.21. The number of nitrogens with zero attached hydrogens (tertiary/aromatic N) is 2. The van der Waals surface area contributed by atoms with Crippen LogP contribution in [0.3, 0.4) is 0 Å². The summed E-state index contributed by atoms with van der Waals surface area (Å²) in [7, 11) is 11.1. The molecule has 2 atom stereocenters. The summed E-state index contributed by atoms with van der Waals surface area (Å²) in [5.74, 6) is 5.41. The van der Waals surface area contributed by atoms with Crippen molar-refractivity contribution in [2.24, 2.45) is 5.73 Å². The Kier molecular flexibility index (Phi) is 10.8. The summed E-state index contributed by atoms with van der Waals surface area (Å²) in [6.45, 7) is 1.86. The average molecular weight is 699 g/mol. The van der Waals surface area contributed by atoms with Crippen LogP contribution in [0.25, 0.3) is 0 Å². The molecule has 0 fully saturated rings. The van der Waals surface area contributed by atoms with Gasteiger partial charge in [0.2, 0.25) is 5.75 Å². The number of nitrogens with one attached hydrogen (secondary N) is 1. The SMILES string of the molecule is COc1ccc2cc1Oc1ccc(cc1)CC1c3cc(c(OC)cc3CCN1C)Oc1c(OC)c(OC)cc3c1C(C2)N(C)CC3.NC(=O)NO. The van der Waals surface area contributed by atoms with Crippen molar-refractivity contribution >= 4 is 6.03 Å². The quantitative estimate of drug-likeness (QED) is 0.167. The van der Waals surface area contributed by atoms with Gasteiger partial charge in [-0.2, -0.15) is 0 Å². The second-order valence-electron chi connectivity index (χ2n) is 12.9. The predicted molar refractivity (Wildman–Crippen MR) is 192 cm³/mol. The minimum atomic E-state index is -0.940. The van der Waals surface area contributed by atoms with E-state index < -0.39 is 6.03 Å². The molecule has 0 spiro atoms. The van der Waals surface area contributed by atoms with Crippen LogP contribution in [-0.4, -0.2) is 76.7 Å². The van der Waals surface area contributed by atoms with E-state index in [0.717, 1.165) is 55.6 Å². The molecule has 4 N–H and O–H groups in total. The Morgan fingerprint density at radius 1 is 0.745 bits per heavy atom. The first-order chi connectivity index (χ1) is 24.7. The molecule has 0 aromatic heterocycles. The number of likely N-dealkylation sites (N-methyl/N-ethyl adjacent to an activating group) is 2. The molecule has 0 radical (unpaired) electrons. The molecule has 2 unspecified atom stereocenters. The summed E-state index contributed by atoms with van der Waals surface area (Å²) >= 11 is 0. The van der Waals surface area contributed by atoms with Gasteiger partial charge in [-0.25, -0.2) is 10.3 Å². The van der Waals surface area contributed by atoms with Crippen molar-refractivity contribution in [2.75, 3.05) is 55.6 Å². The highest BCUT2D eigenvalue weighted by atomic mass is 16.5. The van der Waals surface area contributed by atoms with Gasteiger partial charge in [0.1, 0.15) is 5.75 Å². The molecular formula is C39H46N4O8. The number of benzene rings is 4. The summed E-state index contributed by atoms with van der Waals surface area (Å²) in [6.07, 6.45) is 3.37. The lowest BCUT2D eigenvalue weighted by molar-refractivity contribution is 0.169. The van der Waals surface area contributed by atoms with Gasteiger partial charge in [0.25, 0.3) is 0 Å². The first-order valence-electron chi connectivity index (χ1n) is 16.9. The maximum Gasteiger partial charge on any atom is 0.335 e. The Hall–Kier alpha value is -5.17. The van der Waals surface area contributed by atoms with Crippen LogP contribution in [0.5, 0.6) is 46.0 Å². The molecule has 4 aliphatic heterocycles. The van der Waals surface area contributed by atoms with Crippen molar-refractivity contribution in [3.05, 3.63) is 94.0 Å². The average Bonchev–Trinajstić information content (AvgIpc) is 3.14. The molecule has 2 amide bonds. The van der Waals surface area contributed by atoms with Gasteiger partial charge in [0.15, 0.2) is 34.5 Å². The largest absolute Gasteiger partial charge is 0.493 e. The van der Waals surface area contributed by atoms with Gasteiger partial charge in [-0.3, -0.25) is 15.0 Å². The minimum absolute atomic E-state index is 0.000437. The molecule has 270 valence electrons. The maximum atomic E-state index is 9.23. The fourth-order valence-electron chi connectivity index (χ4n) is 7.28. The molecule has 0 saturated carbocycles. The third-order valence-corrected chi connectivity index (χ3v) is 9.96. The van der Waals surface area contributed by atoms with E-state index in [1.165, 1.54) is 27.7 Å². The Morgan fingerprint density at radius 3 is 1.98 bits per heavy atom. The zero-order valence-electron chi connectivity index (χ0n) is 29.9. The number of fused-ring (bicyclic) bond motifs is 2. The van der Waals surface area contributed by atoms with E-state index >= 15 is 0 Å². The second kappa shape index (κ2) is 15.4. The molecule has 0 aliphatic carbocycles. The van der Waals surface area contributed by atoms with Gasteiger partial charge in [-0.1, -0.05) is 18.2 Å². The topological polar surface area (TPSA) is 137 Å². The molecule has 12 heteroatoms. The van der Waals surface area contributed by atoms with Crippen molar-refractivity contribution in [3.8, 4) is 46.0 Å².